The van der Waals surface area contributed by atoms with Gasteiger partial charge in [0.25, 0.3) is 7.82 Å². The molecule has 0 aromatic heterocycles. The highest BCUT2D eigenvalue weighted by molar-refractivity contribution is 7.45. The number of hydrogen-bond donors (Lipinski definition) is 2. The van der Waals surface area contributed by atoms with Gasteiger partial charge >= 0.3 is 0 Å². The largest absolute Gasteiger partial charge is 0.756 e. The summed E-state index contributed by atoms with van der Waals surface area (Å²) >= 11 is 0. The van der Waals surface area contributed by atoms with Gasteiger partial charge in [-0.05, 0) is 19.3 Å². The summed E-state index contributed by atoms with van der Waals surface area (Å²) in [7, 11) is 1.23. The summed E-state index contributed by atoms with van der Waals surface area (Å²) < 4.78 is 23.0. The number of hydrogen-bond acceptors (Lipinski definition) is 6. The first-order chi connectivity index (χ1) is 21.5. The van der Waals surface area contributed by atoms with E-state index in [0.29, 0.717) is 17.4 Å². The second kappa shape index (κ2) is 29.1. The molecule has 0 saturated heterocycles. The van der Waals surface area contributed by atoms with Gasteiger partial charge in [-0.1, -0.05) is 147 Å². The summed E-state index contributed by atoms with van der Waals surface area (Å²) in [4.78, 5) is 25.0. The third-order valence-electron chi connectivity index (χ3n) is 7.97. The van der Waals surface area contributed by atoms with Crippen LogP contribution in [-0.2, 0) is 18.4 Å². The summed E-state index contributed by atoms with van der Waals surface area (Å²) in [5, 5.41) is 13.6. The molecule has 1 amide bonds. The summed E-state index contributed by atoms with van der Waals surface area (Å²) in [6, 6.07) is -0.910. The molecule has 2 N–H and O–H groups in total. The fraction of sp³-hybridized carbons (Fsp3) is 0.861. The quantitative estimate of drug-likeness (QED) is 0.0325. The van der Waals surface area contributed by atoms with Crippen molar-refractivity contribution in [2.75, 3.05) is 40.9 Å². The van der Waals surface area contributed by atoms with Gasteiger partial charge in [0, 0.05) is 6.42 Å². The molecule has 0 spiro atoms. The van der Waals surface area contributed by atoms with Crippen molar-refractivity contribution in [2.45, 2.75) is 161 Å². The number of phosphoric acid groups is 1. The van der Waals surface area contributed by atoms with Crippen LogP contribution in [0.25, 0.3) is 0 Å². The van der Waals surface area contributed by atoms with Crippen molar-refractivity contribution in [3.8, 4) is 0 Å². The van der Waals surface area contributed by atoms with Crippen LogP contribution in [-0.4, -0.2) is 68.5 Å². The zero-order chi connectivity index (χ0) is 33.7. The average molecular weight is 659 g/mol. The van der Waals surface area contributed by atoms with Gasteiger partial charge in [0.05, 0.1) is 39.9 Å². The van der Waals surface area contributed by atoms with E-state index in [1.165, 1.54) is 96.3 Å². The molecule has 0 saturated carbocycles. The van der Waals surface area contributed by atoms with Crippen LogP contribution in [0.1, 0.15) is 149 Å². The summed E-state index contributed by atoms with van der Waals surface area (Å²) in [5.41, 5.74) is 0. The maximum Gasteiger partial charge on any atom is 0.268 e. The number of carbonyl (C=O) groups is 1. The Morgan fingerprint density at radius 3 is 1.78 bits per heavy atom. The Balaban J connectivity index is 4.63. The fourth-order valence-electron chi connectivity index (χ4n) is 4.97. The highest BCUT2D eigenvalue weighted by Crippen LogP contribution is 2.38. The zero-order valence-electron chi connectivity index (χ0n) is 29.8. The van der Waals surface area contributed by atoms with E-state index >= 15 is 0 Å². The van der Waals surface area contributed by atoms with Gasteiger partial charge in [0.2, 0.25) is 5.91 Å². The molecule has 0 rings (SSSR count). The highest BCUT2D eigenvalue weighted by atomic mass is 31.2. The third kappa shape index (κ3) is 31.4. The van der Waals surface area contributed by atoms with Crippen LogP contribution >= 0.6 is 7.82 Å². The Morgan fingerprint density at radius 2 is 1.27 bits per heavy atom. The Kier molecular flexibility index (Phi) is 28.5. The van der Waals surface area contributed by atoms with Gasteiger partial charge in [0.1, 0.15) is 13.2 Å². The zero-order valence-corrected chi connectivity index (χ0v) is 30.7. The molecule has 3 atom stereocenters. The number of phosphoric ester groups is 1. The number of aliphatic hydroxyl groups excluding tert-OH is 1. The first-order valence-electron chi connectivity index (χ1n) is 18.2. The van der Waals surface area contributed by atoms with Crippen molar-refractivity contribution in [2.24, 2.45) is 0 Å². The summed E-state index contributed by atoms with van der Waals surface area (Å²) in [5.74, 6) is -0.218. The van der Waals surface area contributed by atoms with Crippen LogP contribution in [0.4, 0.5) is 0 Å². The topological polar surface area (TPSA) is 108 Å². The van der Waals surface area contributed by atoms with Gasteiger partial charge in [-0.25, -0.2) is 0 Å². The van der Waals surface area contributed by atoms with Crippen molar-refractivity contribution in [3.05, 3.63) is 24.3 Å². The molecule has 0 heterocycles. The highest BCUT2D eigenvalue weighted by Gasteiger charge is 2.23. The van der Waals surface area contributed by atoms with Gasteiger partial charge in [0.15, 0.2) is 0 Å². The molecule has 0 aliphatic carbocycles. The maximum atomic E-state index is 12.7. The summed E-state index contributed by atoms with van der Waals surface area (Å²) in [6.07, 6.45) is 30.9. The Morgan fingerprint density at radius 1 is 0.778 bits per heavy atom. The molecule has 0 aromatic carbocycles. The molecular weight excluding hydrogens is 587 g/mol. The number of rotatable bonds is 32. The molecule has 0 aromatic rings. The van der Waals surface area contributed by atoms with Crippen LogP contribution in [0.15, 0.2) is 24.3 Å². The number of unbranched alkanes of at least 4 members (excludes halogenated alkanes) is 18. The number of aliphatic hydroxyl groups is 1. The summed E-state index contributed by atoms with van der Waals surface area (Å²) in [6.45, 7) is 4.55. The molecular formula is C36H71N2O6P. The number of amides is 1. The number of nitrogens with one attached hydrogen (secondary N) is 1. The van der Waals surface area contributed by atoms with Crippen molar-refractivity contribution >= 4 is 13.7 Å². The first-order valence-corrected chi connectivity index (χ1v) is 19.7. The Bertz CT molecular complexity index is 799. The van der Waals surface area contributed by atoms with E-state index in [1.54, 1.807) is 12.2 Å². The van der Waals surface area contributed by atoms with Crippen LogP contribution in [0, 0.1) is 0 Å². The first kappa shape index (κ1) is 44.0. The van der Waals surface area contributed by atoms with Crippen molar-refractivity contribution < 1.29 is 32.9 Å². The second-order valence-electron chi connectivity index (χ2n) is 13.6. The molecule has 0 radical (unpaired) electrons. The van der Waals surface area contributed by atoms with E-state index in [9.17, 15) is 19.4 Å². The Labute approximate surface area is 277 Å². The van der Waals surface area contributed by atoms with E-state index in [0.717, 1.165) is 32.1 Å². The lowest BCUT2D eigenvalue weighted by Crippen LogP contribution is -2.45. The minimum Gasteiger partial charge on any atom is -0.756 e. The van der Waals surface area contributed by atoms with Gasteiger partial charge in [-0.2, -0.15) is 0 Å². The lowest BCUT2D eigenvalue weighted by Gasteiger charge is -2.29. The molecule has 266 valence electrons. The van der Waals surface area contributed by atoms with Crippen molar-refractivity contribution in [1.82, 2.24) is 5.32 Å². The van der Waals surface area contributed by atoms with Gasteiger partial charge in [-0.15, -0.1) is 0 Å². The maximum absolute atomic E-state index is 12.7. The number of quaternary nitrogens is 1. The van der Waals surface area contributed by atoms with E-state index in [1.807, 2.05) is 27.2 Å². The van der Waals surface area contributed by atoms with E-state index in [2.05, 4.69) is 25.2 Å². The number of carbonyl (C=O) groups excluding carboxylic acids is 1. The lowest BCUT2D eigenvalue weighted by atomic mass is 10.0. The number of nitrogens with zero attached hydrogens (tertiary/aromatic N) is 1. The third-order valence-corrected chi connectivity index (χ3v) is 8.93. The standard InChI is InChI=1S/C36H71N2O6P/c1-6-8-10-12-14-16-18-20-22-24-26-28-30-36(40)37-34(33-44-45(41,42)43-32-31-38(3,4)5)35(39)29-27-25-23-21-19-17-15-13-11-9-7-2/h23,25,27,29,34-35,39H,6-22,24,26,28,30-33H2,1-5H3,(H-,37,40,41,42)/b25-23+,29-27+/t34-,35+/m0/s1. The van der Waals surface area contributed by atoms with Gasteiger partial charge in [-0.3, -0.25) is 9.36 Å². The second-order valence-corrected chi connectivity index (χ2v) is 15.0. The van der Waals surface area contributed by atoms with Crippen LogP contribution in [0.5, 0.6) is 0 Å². The molecule has 0 aliphatic heterocycles. The molecule has 0 fully saturated rings. The molecule has 1 unspecified atom stereocenters. The number of likely N-dealkylation sites (N-methyl/N-ethyl adjacent to an activating group) is 1. The van der Waals surface area contributed by atoms with Crippen molar-refractivity contribution in [1.29, 1.82) is 0 Å². The predicted octanol–water partition coefficient (Wildman–Crippen LogP) is 8.38. The van der Waals surface area contributed by atoms with Gasteiger partial charge < -0.3 is 28.8 Å². The average Bonchev–Trinajstić information content (AvgIpc) is 2.97. The molecule has 9 heteroatoms. The lowest BCUT2D eigenvalue weighted by molar-refractivity contribution is -0.870. The van der Waals surface area contributed by atoms with E-state index in [4.69, 9.17) is 9.05 Å². The molecule has 0 aliphatic rings. The minimum absolute atomic E-state index is 0.00769. The Hall–Kier alpha value is -1.02. The molecule has 45 heavy (non-hydrogen) atoms. The predicted molar refractivity (Wildman–Crippen MR) is 187 cm³/mol. The number of allylic oxidation sites excluding steroid dienone is 3. The normalized spacial score (nSPS) is 15.1. The van der Waals surface area contributed by atoms with E-state index < -0.39 is 26.6 Å². The van der Waals surface area contributed by atoms with Crippen LogP contribution in [0.3, 0.4) is 0 Å². The van der Waals surface area contributed by atoms with Crippen LogP contribution in [0.2, 0.25) is 0 Å². The SMILES string of the molecule is CCCCCCCCC/C=C/C=C/[C@@H](O)[C@H](COP(=O)([O-])OCC[N+](C)(C)C)NC(=O)CCCCCCCCCCCCCC. The van der Waals surface area contributed by atoms with E-state index in [-0.39, 0.29) is 12.5 Å². The fourth-order valence-corrected chi connectivity index (χ4v) is 5.70. The minimum atomic E-state index is -4.58. The monoisotopic (exact) mass is 659 g/mol. The van der Waals surface area contributed by atoms with Crippen molar-refractivity contribution in [3.63, 3.8) is 0 Å². The van der Waals surface area contributed by atoms with Crippen LogP contribution < -0.4 is 10.2 Å². The smallest absolute Gasteiger partial charge is 0.268 e. The molecule has 0 bridgehead atoms. The molecule has 8 nitrogen and oxygen atoms in total.